The summed E-state index contributed by atoms with van der Waals surface area (Å²) in [4.78, 5) is 20.7. The van der Waals surface area contributed by atoms with Crippen molar-refractivity contribution in [3.8, 4) is 61.5 Å². The van der Waals surface area contributed by atoms with Gasteiger partial charge in [0, 0.05) is 27.5 Å². The Balaban J connectivity index is 1.21. The van der Waals surface area contributed by atoms with E-state index in [1.54, 1.807) is 11.3 Å². The molecule has 3 aromatic heterocycles. The van der Waals surface area contributed by atoms with Crippen molar-refractivity contribution in [2.24, 2.45) is 0 Å². The second-order valence-electron chi connectivity index (χ2n) is 12.8. The topological polar surface area (TPSA) is 56.5 Å². The lowest BCUT2D eigenvalue weighted by Gasteiger charge is -2.12. The van der Waals surface area contributed by atoms with Crippen LogP contribution in [0.5, 0.6) is 0 Å². The van der Waals surface area contributed by atoms with Crippen LogP contribution in [-0.4, -0.2) is 24.5 Å². The average Bonchev–Trinajstić information content (AvgIpc) is 3.79. The molecular formula is C46H29N5S. The Morgan fingerprint density at radius 2 is 0.885 bits per heavy atom. The van der Waals surface area contributed by atoms with Crippen LogP contribution in [0.15, 0.2) is 176 Å². The smallest absolute Gasteiger partial charge is 0.238 e. The lowest BCUT2D eigenvalue weighted by molar-refractivity contribution is 0.954. The van der Waals surface area contributed by atoms with E-state index in [9.17, 15) is 0 Å². The maximum atomic E-state index is 5.24. The average molecular weight is 684 g/mol. The zero-order chi connectivity index (χ0) is 34.4. The van der Waals surface area contributed by atoms with Crippen molar-refractivity contribution in [3.63, 3.8) is 0 Å². The molecule has 6 heteroatoms. The van der Waals surface area contributed by atoms with Crippen LogP contribution < -0.4 is 0 Å². The highest BCUT2D eigenvalue weighted by Crippen LogP contribution is 2.38. The normalized spacial score (nSPS) is 11.5. The first-order valence-corrected chi connectivity index (χ1v) is 18.0. The van der Waals surface area contributed by atoms with E-state index >= 15 is 0 Å². The quantitative estimate of drug-likeness (QED) is 0.175. The molecule has 10 aromatic rings. The minimum Gasteiger partial charge on any atom is -0.278 e. The van der Waals surface area contributed by atoms with Crippen LogP contribution in [-0.2, 0) is 0 Å². The van der Waals surface area contributed by atoms with E-state index in [-0.39, 0.29) is 0 Å². The SMILES string of the molecule is c1ccc(-c2cccc(-c3nc(-c4cccc(-c5ccccc5)c4)nc(-n4c5ccccc5c5cc6sc(-c7ccccc7)nc6cc54)n3)c2)cc1. The van der Waals surface area contributed by atoms with Gasteiger partial charge in [0.15, 0.2) is 11.6 Å². The molecule has 0 saturated carbocycles. The molecule has 0 atom stereocenters. The van der Waals surface area contributed by atoms with E-state index in [0.717, 1.165) is 76.0 Å². The number of fused-ring (bicyclic) bond motifs is 4. The molecule has 0 saturated heterocycles. The summed E-state index contributed by atoms with van der Waals surface area (Å²) < 4.78 is 3.31. The molecule has 0 N–H and O–H groups in total. The fourth-order valence-electron chi connectivity index (χ4n) is 6.97. The standard InChI is InChI=1S/C46H29N5S/c1-4-14-30(15-5-1)33-20-12-22-35(26-33)43-48-44(36-23-13-21-34(27-36)31-16-6-2-7-17-31)50-46(49-43)51-40-25-11-10-24-37(40)38-28-42-39(29-41(38)51)47-45(52-42)32-18-8-3-9-19-32/h1-29H. The number of para-hydroxylation sites is 1. The Hall–Kier alpha value is -6.76. The second kappa shape index (κ2) is 12.5. The molecule has 0 unspecified atom stereocenters. The van der Waals surface area contributed by atoms with Crippen molar-refractivity contribution in [1.82, 2.24) is 24.5 Å². The van der Waals surface area contributed by atoms with Gasteiger partial charge in [0.1, 0.15) is 5.01 Å². The van der Waals surface area contributed by atoms with Crippen LogP contribution >= 0.6 is 11.3 Å². The molecule has 0 radical (unpaired) electrons. The molecule has 7 aromatic carbocycles. The molecule has 0 aliphatic carbocycles. The molecule has 5 nitrogen and oxygen atoms in total. The van der Waals surface area contributed by atoms with Crippen molar-refractivity contribution in [1.29, 1.82) is 0 Å². The largest absolute Gasteiger partial charge is 0.278 e. The molecule has 10 rings (SSSR count). The van der Waals surface area contributed by atoms with Gasteiger partial charge in [0.25, 0.3) is 0 Å². The first-order chi connectivity index (χ1) is 25.7. The fraction of sp³-hybridized carbons (Fsp3) is 0. The fourth-order valence-corrected chi connectivity index (χ4v) is 7.96. The van der Waals surface area contributed by atoms with Crippen molar-refractivity contribution < 1.29 is 0 Å². The van der Waals surface area contributed by atoms with E-state index in [0.29, 0.717) is 17.6 Å². The number of aromatic nitrogens is 5. The van der Waals surface area contributed by atoms with Gasteiger partial charge in [-0.3, -0.25) is 4.57 Å². The van der Waals surface area contributed by atoms with E-state index in [2.05, 4.69) is 162 Å². The van der Waals surface area contributed by atoms with Crippen molar-refractivity contribution in [2.45, 2.75) is 0 Å². The number of rotatable bonds is 6. The maximum absolute atomic E-state index is 5.24. The predicted octanol–water partition coefficient (Wildman–Crippen LogP) is 11.9. The third-order valence-corrected chi connectivity index (χ3v) is 10.5. The molecule has 0 spiro atoms. The molecule has 0 fully saturated rings. The third kappa shape index (κ3) is 5.34. The van der Waals surface area contributed by atoms with E-state index in [1.165, 1.54) is 0 Å². The summed E-state index contributed by atoms with van der Waals surface area (Å²) in [7, 11) is 0. The Kier molecular flexibility index (Phi) is 7.25. The number of thiazole rings is 1. The van der Waals surface area contributed by atoms with E-state index in [1.807, 2.05) is 18.2 Å². The highest BCUT2D eigenvalue weighted by molar-refractivity contribution is 7.21. The van der Waals surface area contributed by atoms with Crippen molar-refractivity contribution in [2.75, 3.05) is 0 Å². The molecule has 52 heavy (non-hydrogen) atoms. The van der Waals surface area contributed by atoms with Crippen molar-refractivity contribution in [3.05, 3.63) is 176 Å². The number of hydrogen-bond donors (Lipinski definition) is 0. The Morgan fingerprint density at radius 1 is 0.365 bits per heavy atom. The van der Waals surface area contributed by atoms with Gasteiger partial charge in [-0.15, -0.1) is 11.3 Å². The molecule has 0 amide bonds. The number of nitrogens with zero attached hydrogens (tertiary/aromatic N) is 5. The van der Waals surface area contributed by atoms with Crippen LogP contribution in [0.2, 0.25) is 0 Å². The van der Waals surface area contributed by atoms with Crippen LogP contribution in [0.4, 0.5) is 0 Å². The zero-order valence-electron chi connectivity index (χ0n) is 27.9. The number of hydrogen-bond acceptors (Lipinski definition) is 5. The summed E-state index contributed by atoms with van der Waals surface area (Å²) >= 11 is 1.72. The van der Waals surface area contributed by atoms with Gasteiger partial charge < -0.3 is 0 Å². The summed E-state index contributed by atoms with van der Waals surface area (Å²) in [5.74, 6) is 1.77. The van der Waals surface area contributed by atoms with Gasteiger partial charge in [0.2, 0.25) is 5.95 Å². The van der Waals surface area contributed by atoms with Gasteiger partial charge in [-0.25, -0.2) is 9.97 Å². The van der Waals surface area contributed by atoms with Gasteiger partial charge in [-0.1, -0.05) is 146 Å². The molecule has 0 bridgehead atoms. The Bertz CT molecular complexity index is 2800. The summed E-state index contributed by atoms with van der Waals surface area (Å²) in [6, 6.07) is 61.0. The molecule has 0 aliphatic rings. The second-order valence-corrected chi connectivity index (χ2v) is 13.8. The van der Waals surface area contributed by atoms with E-state index < -0.39 is 0 Å². The summed E-state index contributed by atoms with van der Waals surface area (Å²) in [5, 5.41) is 3.27. The maximum Gasteiger partial charge on any atom is 0.238 e. The molecule has 3 heterocycles. The van der Waals surface area contributed by atoms with Crippen LogP contribution in [0.1, 0.15) is 0 Å². The zero-order valence-corrected chi connectivity index (χ0v) is 28.7. The lowest BCUT2D eigenvalue weighted by Crippen LogP contribution is -2.06. The van der Waals surface area contributed by atoms with Gasteiger partial charge in [-0.2, -0.15) is 9.97 Å². The minimum absolute atomic E-state index is 0.555. The van der Waals surface area contributed by atoms with Crippen LogP contribution in [0.3, 0.4) is 0 Å². The van der Waals surface area contributed by atoms with E-state index in [4.69, 9.17) is 19.9 Å². The van der Waals surface area contributed by atoms with Gasteiger partial charge in [0.05, 0.1) is 21.3 Å². The monoisotopic (exact) mass is 683 g/mol. The first kappa shape index (κ1) is 30.1. The highest BCUT2D eigenvalue weighted by Gasteiger charge is 2.20. The molecule has 244 valence electrons. The van der Waals surface area contributed by atoms with Crippen LogP contribution in [0, 0.1) is 0 Å². The molecule has 0 aliphatic heterocycles. The Labute approximate surface area is 304 Å². The Morgan fingerprint density at radius 3 is 1.50 bits per heavy atom. The third-order valence-electron chi connectivity index (χ3n) is 9.48. The van der Waals surface area contributed by atoms with Crippen molar-refractivity contribution >= 4 is 43.4 Å². The first-order valence-electron chi connectivity index (χ1n) is 17.2. The van der Waals surface area contributed by atoms with Gasteiger partial charge in [-0.05, 0) is 52.6 Å². The van der Waals surface area contributed by atoms with Gasteiger partial charge >= 0.3 is 0 Å². The van der Waals surface area contributed by atoms with Crippen LogP contribution in [0.25, 0.3) is 93.6 Å². The summed E-state index contributed by atoms with van der Waals surface area (Å²) in [5.41, 5.74) is 10.4. The predicted molar refractivity (Wildman–Crippen MR) is 215 cm³/mol. The lowest BCUT2D eigenvalue weighted by atomic mass is 10.0. The minimum atomic E-state index is 0.555. The summed E-state index contributed by atoms with van der Waals surface area (Å²) in [6.45, 7) is 0. The highest BCUT2D eigenvalue weighted by atomic mass is 32.1. The summed E-state index contributed by atoms with van der Waals surface area (Å²) in [6.07, 6.45) is 0. The number of benzene rings is 7. The molecular weight excluding hydrogens is 655 g/mol.